The lowest BCUT2D eigenvalue weighted by Crippen LogP contribution is -2.39. The number of carboxylic acids is 1. The third kappa shape index (κ3) is 4.17. The molecule has 2 N–H and O–H groups in total. The molecule has 0 aliphatic carbocycles. The summed E-state index contributed by atoms with van der Waals surface area (Å²) in [5.74, 6) is -0.845. The Morgan fingerprint density at radius 2 is 1.94 bits per heavy atom. The van der Waals surface area contributed by atoms with E-state index in [-0.39, 0.29) is 0 Å². The lowest BCUT2D eigenvalue weighted by molar-refractivity contribution is -0.139. The second-order valence-electron chi connectivity index (χ2n) is 4.40. The largest absolute Gasteiger partial charge is 0.480 e. The molecule has 0 aliphatic heterocycles. The van der Waals surface area contributed by atoms with Crippen LogP contribution in [0.1, 0.15) is 18.5 Å². The van der Waals surface area contributed by atoms with Crippen LogP contribution in [0.2, 0.25) is 0 Å². The molecule has 4 heteroatoms. The first-order valence-electron chi connectivity index (χ1n) is 5.70. The molecule has 2 unspecified atom stereocenters. The maximum Gasteiger partial charge on any atom is 0.325 e. The predicted molar refractivity (Wildman–Crippen MR) is 68.0 cm³/mol. The fourth-order valence-corrected chi connectivity index (χ4v) is 1.46. The van der Waals surface area contributed by atoms with Gasteiger partial charge in [0.05, 0.1) is 0 Å². The summed E-state index contributed by atoms with van der Waals surface area (Å²) in [6.45, 7) is 2.69. The average molecular weight is 236 g/mol. The minimum atomic E-state index is -0.845. The predicted octanol–water partition coefficient (Wildman–Crippen LogP) is 1.35. The van der Waals surface area contributed by atoms with E-state index in [9.17, 15) is 9.90 Å². The van der Waals surface area contributed by atoms with Gasteiger partial charge in [0, 0.05) is 12.6 Å². The summed E-state index contributed by atoms with van der Waals surface area (Å²) in [5.41, 5.74) is 0.783. The zero-order valence-corrected chi connectivity index (χ0v) is 10.6. The molecule has 0 heterocycles. The summed E-state index contributed by atoms with van der Waals surface area (Å²) >= 11 is 0. The number of nitrogens with one attached hydrogen (secondary N) is 1. The van der Waals surface area contributed by atoms with Gasteiger partial charge in [0.15, 0.2) is 0 Å². The smallest absolute Gasteiger partial charge is 0.325 e. The van der Waals surface area contributed by atoms with Gasteiger partial charge in [0.25, 0.3) is 0 Å². The van der Waals surface area contributed by atoms with Gasteiger partial charge in [-0.2, -0.15) is 0 Å². The number of benzene rings is 1. The molecular weight excluding hydrogens is 216 g/mol. The zero-order valence-electron chi connectivity index (χ0n) is 10.6. The van der Waals surface area contributed by atoms with Gasteiger partial charge in [-0.1, -0.05) is 30.3 Å². The molecule has 0 fully saturated rings. The van der Waals surface area contributed by atoms with E-state index in [1.54, 1.807) is 0 Å². The number of carbonyl (C=O) groups is 1. The van der Waals surface area contributed by atoms with E-state index < -0.39 is 12.0 Å². The Morgan fingerprint density at radius 1 is 1.35 bits per heavy atom. The number of aliphatic carboxylic acids is 1. The Bertz CT molecular complexity index is 352. The first-order chi connectivity index (χ1) is 8.02. The number of carboxylic acid groups (broad SMARTS) is 1. The third-order valence-electron chi connectivity index (χ3n) is 2.88. The van der Waals surface area contributed by atoms with Crippen LogP contribution in [0.25, 0.3) is 0 Å². The Balaban J connectivity index is 2.66. The standard InChI is InChI=1S/C13H20N2O2/c1-10(15(2)3)9-14-12(13(16)17)11-7-5-4-6-8-11/h4-8,10,12,14H,9H2,1-3H3,(H,16,17). The highest BCUT2D eigenvalue weighted by molar-refractivity contribution is 5.75. The summed E-state index contributed by atoms with van der Waals surface area (Å²) in [5, 5.41) is 12.3. The lowest BCUT2D eigenvalue weighted by Gasteiger charge is -2.23. The van der Waals surface area contributed by atoms with Crippen molar-refractivity contribution >= 4 is 5.97 Å². The zero-order chi connectivity index (χ0) is 12.8. The summed E-state index contributed by atoms with van der Waals surface area (Å²) in [6, 6.07) is 8.88. The van der Waals surface area contributed by atoms with Gasteiger partial charge in [0.2, 0.25) is 0 Å². The fraction of sp³-hybridized carbons (Fsp3) is 0.462. The molecule has 4 nitrogen and oxygen atoms in total. The van der Waals surface area contributed by atoms with E-state index in [1.165, 1.54) is 0 Å². The number of rotatable bonds is 6. The number of nitrogens with zero attached hydrogens (tertiary/aromatic N) is 1. The van der Waals surface area contributed by atoms with Gasteiger partial charge in [-0.15, -0.1) is 0 Å². The highest BCUT2D eigenvalue weighted by atomic mass is 16.4. The van der Waals surface area contributed by atoms with Crippen LogP contribution >= 0.6 is 0 Å². The van der Waals surface area contributed by atoms with Crippen LogP contribution < -0.4 is 5.32 Å². The molecule has 0 radical (unpaired) electrons. The van der Waals surface area contributed by atoms with Crippen LogP contribution in [0.5, 0.6) is 0 Å². The van der Waals surface area contributed by atoms with Crippen molar-refractivity contribution in [2.24, 2.45) is 0 Å². The van der Waals surface area contributed by atoms with Gasteiger partial charge in [-0.3, -0.25) is 10.1 Å². The van der Waals surface area contributed by atoms with Crippen molar-refractivity contribution in [2.45, 2.75) is 19.0 Å². The van der Waals surface area contributed by atoms with Crippen molar-refractivity contribution in [3.8, 4) is 0 Å². The van der Waals surface area contributed by atoms with E-state index >= 15 is 0 Å². The molecule has 1 aromatic carbocycles. The molecule has 0 spiro atoms. The van der Waals surface area contributed by atoms with Crippen LogP contribution in [0.4, 0.5) is 0 Å². The second kappa shape index (κ2) is 6.37. The maximum absolute atomic E-state index is 11.2. The van der Waals surface area contributed by atoms with Crippen molar-refractivity contribution in [3.63, 3.8) is 0 Å². The van der Waals surface area contributed by atoms with Crippen molar-refractivity contribution in [3.05, 3.63) is 35.9 Å². The van der Waals surface area contributed by atoms with Crippen molar-refractivity contribution in [2.75, 3.05) is 20.6 Å². The normalized spacial score (nSPS) is 14.6. The molecule has 0 amide bonds. The Morgan fingerprint density at radius 3 is 2.41 bits per heavy atom. The number of hydrogen-bond donors (Lipinski definition) is 2. The monoisotopic (exact) mass is 236 g/mol. The van der Waals surface area contributed by atoms with Crippen LogP contribution in [0.3, 0.4) is 0 Å². The molecule has 0 saturated heterocycles. The van der Waals surface area contributed by atoms with Gasteiger partial charge in [-0.25, -0.2) is 0 Å². The average Bonchev–Trinajstić information content (AvgIpc) is 2.29. The van der Waals surface area contributed by atoms with Crippen LogP contribution in [0.15, 0.2) is 30.3 Å². The molecule has 0 aliphatic rings. The van der Waals surface area contributed by atoms with E-state index in [2.05, 4.69) is 17.1 Å². The SMILES string of the molecule is CC(CNC(C(=O)O)c1ccccc1)N(C)C. The van der Waals surface area contributed by atoms with E-state index in [0.29, 0.717) is 12.6 Å². The van der Waals surface area contributed by atoms with Crippen LogP contribution in [-0.2, 0) is 4.79 Å². The first kappa shape index (κ1) is 13.7. The van der Waals surface area contributed by atoms with Crippen molar-refractivity contribution < 1.29 is 9.90 Å². The summed E-state index contributed by atoms with van der Waals surface area (Å²) in [7, 11) is 3.95. The van der Waals surface area contributed by atoms with Crippen molar-refractivity contribution in [1.82, 2.24) is 10.2 Å². The molecule has 17 heavy (non-hydrogen) atoms. The molecule has 2 atom stereocenters. The Labute approximate surface area is 102 Å². The van der Waals surface area contributed by atoms with Crippen molar-refractivity contribution in [1.29, 1.82) is 0 Å². The second-order valence-corrected chi connectivity index (χ2v) is 4.40. The molecular formula is C13H20N2O2. The number of hydrogen-bond acceptors (Lipinski definition) is 3. The summed E-state index contributed by atoms with van der Waals surface area (Å²) in [6.07, 6.45) is 0. The van der Waals surface area contributed by atoms with Crippen LogP contribution in [0, 0.1) is 0 Å². The molecule has 0 saturated carbocycles. The van der Waals surface area contributed by atoms with Gasteiger partial charge < -0.3 is 10.0 Å². The van der Waals surface area contributed by atoms with E-state index in [0.717, 1.165) is 5.56 Å². The molecule has 94 valence electrons. The Hall–Kier alpha value is -1.39. The quantitative estimate of drug-likeness (QED) is 0.783. The fourth-order valence-electron chi connectivity index (χ4n) is 1.46. The Kier molecular flexibility index (Phi) is 5.12. The summed E-state index contributed by atoms with van der Waals surface area (Å²) in [4.78, 5) is 13.3. The van der Waals surface area contributed by atoms with Gasteiger partial charge in [0.1, 0.15) is 6.04 Å². The van der Waals surface area contributed by atoms with Gasteiger partial charge >= 0.3 is 5.97 Å². The maximum atomic E-state index is 11.2. The highest BCUT2D eigenvalue weighted by Crippen LogP contribution is 2.12. The molecule has 0 bridgehead atoms. The van der Waals surface area contributed by atoms with E-state index in [4.69, 9.17) is 0 Å². The first-order valence-corrected chi connectivity index (χ1v) is 5.70. The van der Waals surface area contributed by atoms with E-state index in [1.807, 2.05) is 44.4 Å². The molecule has 0 aromatic heterocycles. The van der Waals surface area contributed by atoms with Crippen LogP contribution in [-0.4, -0.2) is 42.7 Å². The third-order valence-corrected chi connectivity index (χ3v) is 2.88. The minimum Gasteiger partial charge on any atom is -0.480 e. The molecule has 1 rings (SSSR count). The minimum absolute atomic E-state index is 0.292. The highest BCUT2D eigenvalue weighted by Gasteiger charge is 2.19. The van der Waals surface area contributed by atoms with Gasteiger partial charge in [-0.05, 0) is 26.6 Å². The number of likely N-dealkylation sites (N-methyl/N-ethyl adjacent to an activating group) is 1. The topological polar surface area (TPSA) is 52.6 Å². The summed E-state index contributed by atoms with van der Waals surface area (Å²) < 4.78 is 0. The molecule has 1 aromatic rings. The lowest BCUT2D eigenvalue weighted by atomic mass is 10.1.